The zero-order valence-corrected chi connectivity index (χ0v) is 12.8. The summed E-state index contributed by atoms with van der Waals surface area (Å²) >= 11 is 9.69. The van der Waals surface area contributed by atoms with Crippen molar-refractivity contribution in [1.29, 1.82) is 0 Å². The van der Waals surface area contributed by atoms with Crippen LogP contribution >= 0.6 is 27.5 Å². The molecule has 1 unspecified atom stereocenters. The number of carbonyl (C=O) groups excluding carboxylic acids is 1. The van der Waals surface area contributed by atoms with E-state index >= 15 is 0 Å². The molecule has 0 N–H and O–H groups in total. The molecule has 5 heteroatoms. The Hall–Kier alpha value is -0.740. The molecule has 1 aromatic carbocycles. The summed E-state index contributed by atoms with van der Waals surface area (Å²) in [5, 5.41) is -0.276. The number of halogens is 2. The quantitative estimate of drug-likeness (QED) is 0.580. The average molecular weight is 336 g/mol. The molecule has 0 saturated heterocycles. The van der Waals surface area contributed by atoms with Crippen LogP contribution in [-0.2, 0) is 9.53 Å². The van der Waals surface area contributed by atoms with Gasteiger partial charge in [0.2, 0.25) is 0 Å². The van der Waals surface area contributed by atoms with Crippen LogP contribution in [0.4, 0.5) is 0 Å². The fourth-order valence-corrected chi connectivity index (χ4v) is 2.24. The maximum absolute atomic E-state index is 11.3. The number of carbonyl (C=O) groups is 1. The average Bonchev–Trinajstić information content (AvgIpc) is 2.36. The fraction of sp³-hybridized carbons (Fsp3) is 0.462. The third kappa shape index (κ3) is 4.50. The zero-order valence-electron chi connectivity index (χ0n) is 10.4. The molecule has 100 valence electrons. The number of benzene rings is 1. The van der Waals surface area contributed by atoms with Crippen LogP contribution in [0, 0.1) is 0 Å². The van der Waals surface area contributed by atoms with E-state index in [9.17, 15) is 4.79 Å². The number of rotatable bonds is 6. The summed E-state index contributed by atoms with van der Waals surface area (Å²) in [6.07, 6.45) is 0.824. The van der Waals surface area contributed by atoms with Gasteiger partial charge in [0.15, 0.2) is 0 Å². The highest BCUT2D eigenvalue weighted by molar-refractivity contribution is 9.10. The molecular formula is C13H16BrClO3. The van der Waals surface area contributed by atoms with Gasteiger partial charge in [0.05, 0.1) is 19.1 Å². The predicted octanol–water partition coefficient (Wildman–Crippen LogP) is 4.08. The first kappa shape index (κ1) is 15.3. The molecule has 0 radical (unpaired) electrons. The molecule has 0 aliphatic rings. The zero-order chi connectivity index (χ0) is 13.5. The van der Waals surface area contributed by atoms with Crippen LogP contribution in [0.1, 0.15) is 30.7 Å². The van der Waals surface area contributed by atoms with Gasteiger partial charge in [-0.25, -0.2) is 0 Å². The summed E-state index contributed by atoms with van der Waals surface area (Å²) in [6, 6.07) is 5.64. The summed E-state index contributed by atoms with van der Waals surface area (Å²) in [6.45, 7) is 2.18. The molecule has 0 spiro atoms. The molecule has 3 nitrogen and oxygen atoms in total. The smallest absolute Gasteiger partial charge is 0.305 e. The Labute approximate surface area is 121 Å². The summed E-state index contributed by atoms with van der Waals surface area (Å²) in [5.41, 5.74) is 0.873. The van der Waals surface area contributed by atoms with Gasteiger partial charge in [0.25, 0.3) is 0 Å². The van der Waals surface area contributed by atoms with E-state index < -0.39 is 0 Å². The van der Waals surface area contributed by atoms with Crippen LogP contribution in [0.3, 0.4) is 0 Å². The minimum atomic E-state index is -0.276. The van der Waals surface area contributed by atoms with Crippen molar-refractivity contribution < 1.29 is 14.3 Å². The Kier molecular flexibility index (Phi) is 6.50. The summed E-state index contributed by atoms with van der Waals surface area (Å²) in [4.78, 5) is 11.3. The summed E-state index contributed by atoms with van der Waals surface area (Å²) in [5.74, 6) is 0.499. The first-order chi connectivity index (χ1) is 8.58. The van der Waals surface area contributed by atoms with Crippen molar-refractivity contribution in [3.63, 3.8) is 0 Å². The van der Waals surface area contributed by atoms with E-state index in [4.69, 9.17) is 21.1 Å². The second kappa shape index (κ2) is 7.64. The lowest BCUT2D eigenvalue weighted by Crippen LogP contribution is -2.05. The van der Waals surface area contributed by atoms with E-state index in [2.05, 4.69) is 15.9 Å². The van der Waals surface area contributed by atoms with Gasteiger partial charge >= 0.3 is 5.97 Å². The Morgan fingerprint density at radius 3 is 2.83 bits per heavy atom. The monoisotopic (exact) mass is 334 g/mol. The molecule has 0 bridgehead atoms. The lowest BCUT2D eigenvalue weighted by molar-refractivity contribution is -0.143. The maximum Gasteiger partial charge on any atom is 0.305 e. The Morgan fingerprint density at radius 2 is 2.22 bits per heavy atom. The van der Waals surface area contributed by atoms with Crippen molar-refractivity contribution in [3.05, 3.63) is 28.2 Å². The van der Waals surface area contributed by atoms with Gasteiger partial charge in [-0.05, 0) is 31.5 Å². The van der Waals surface area contributed by atoms with Crippen LogP contribution < -0.4 is 4.74 Å². The van der Waals surface area contributed by atoms with Gasteiger partial charge in [-0.3, -0.25) is 4.79 Å². The normalized spacial score (nSPS) is 12.0. The number of hydrogen-bond donors (Lipinski definition) is 0. The third-order valence-electron chi connectivity index (χ3n) is 2.44. The highest BCUT2D eigenvalue weighted by atomic mass is 79.9. The van der Waals surface area contributed by atoms with Crippen LogP contribution in [0.15, 0.2) is 22.7 Å². The Balaban J connectivity index is 2.68. The number of esters is 1. The topological polar surface area (TPSA) is 35.5 Å². The molecule has 1 atom stereocenters. The van der Waals surface area contributed by atoms with Crippen LogP contribution in [0.2, 0.25) is 0 Å². The molecule has 0 amide bonds. The van der Waals surface area contributed by atoms with E-state index in [1.54, 1.807) is 14.0 Å². The second-order valence-corrected chi connectivity index (χ2v) is 5.14. The first-order valence-corrected chi connectivity index (χ1v) is 6.94. The van der Waals surface area contributed by atoms with Gasteiger partial charge < -0.3 is 9.47 Å². The third-order valence-corrected chi connectivity index (χ3v) is 3.38. The highest BCUT2D eigenvalue weighted by Crippen LogP contribution is 2.35. The maximum atomic E-state index is 11.3. The highest BCUT2D eigenvalue weighted by Gasteiger charge is 2.16. The van der Waals surface area contributed by atoms with Gasteiger partial charge in [0, 0.05) is 16.5 Å². The minimum Gasteiger partial charge on any atom is -0.496 e. The molecule has 0 saturated carbocycles. The van der Waals surface area contributed by atoms with E-state index in [1.807, 2.05) is 18.2 Å². The standard InChI is InChI=1S/C13H16BrClO3/c1-3-18-13(16)7-5-11(15)10-8-9(14)4-6-12(10)17-2/h4,6,8,11H,3,5,7H2,1-2H3. The molecule has 0 heterocycles. The number of ether oxygens (including phenoxy) is 2. The molecule has 0 aliphatic heterocycles. The summed E-state index contributed by atoms with van der Waals surface area (Å²) < 4.78 is 11.1. The Morgan fingerprint density at radius 1 is 1.50 bits per heavy atom. The van der Waals surface area contributed by atoms with E-state index in [0.717, 1.165) is 15.8 Å². The van der Waals surface area contributed by atoms with Crippen molar-refractivity contribution >= 4 is 33.5 Å². The lowest BCUT2D eigenvalue weighted by atomic mass is 10.1. The Bertz CT molecular complexity index is 409. The largest absolute Gasteiger partial charge is 0.496 e. The molecule has 18 heavy (non-hydrogen) atoms. The van der Waals surface area contributed by atoms with E-state index in [1.165, 1.54) is 0 Å². The minimum absolute atomic E-state index is 0.225. The van der Waals surface area contributed by atoms with Gasteiger partial charge in [-0.15, -0.1) is 11.6 Å². The molecule has 1 aromatic rings. The molecular weight excluding hydrogens is 319 g/mol. The van der Waals surface area contributed by atoms with Gasteiger partial charge in [-0.1, -0.05) is 15.9 Å². The van der Waals surface area contributed by atoms with Crippen LogP contribution in [0.5, 0.6) is 5.75 Å². The molecule has 0 aromatic heterocycles. The number of alkyl halides is 1. The van der Waals surface area contributed by atoms with Crippen molar-refractivity contribution in [2.45, 2.75) is 25.1 Å². The lowest BCUT2D eigenvalue weighted by Gasteiger charge is -2.14. The molecule has 0 aliphatic carbocycles. The second-order valence-electron chi connectivity index (χ2n) is 3.70. The van der Waals surface area contributed by atoms with Crippen molar-refractivity contribution in [1.82, 2.24) is 0 Å². The predicted molar refractivity (Wildman–Crippen MR) is 75.2 cm³/mol. The number of hydrogen-bond acceptors (Lipinski definition) is 3. The van der Waals surface area contributed by atoms with Crippen LogP contribution in [-0.4, -0.2) is 19.7 Å². The van der Waals surface area contributed by atoms with Crippen molar-refractivity contribution in [3.8, 4) is 5.75 Å². The number of methoxy groups -OCH3 is 1. The fourth-order valence-electron chi connectivity index (χ4n) is 1.58. The summed E-state index contributed by atoms with van der Waals surface area (Å²) in [7, 11) is 1.60. The van der Waals surface area contributed by atoms with Gasteiger partial charge in [0.1, 0.15) is 5.75 Å². The van der Waals surface area contributed by atoms with E-state index in [-0.39, 0.29) is 11.3 Å². The van der Waals surface area contributed by atoms with Crippen molar-refractivity contribution in [2.24, 2.45) is 0 Å². The van der Waals surface area contributed by atoms with Crippen molar-refractivity contribution in [2.75, 3.05) is 13.7 Å². The first-order valence-electron chi connectivity index (χ1n) is 5.71. The van der Waals surface area contributed by atoms with E-state index in [0.29, 0.717) is 19.4 Å². The molecule has 1 rings (SSSR count). The van der Waals surface area contributed by atoms with Gasteiger partial charge in [-0.2, -0.15) is 0 Å². The van der Waals surface area contributed by atoms with Crippen LogP contribution in [0.25, 0.3) is 0 Å². The molecule has 0 fully saturated rings. The SMILES string of the molecule is CCOC(=O)CCC(Cl)c1cc(Br)ccc1OC.